The number of para-hydroxylation sites is 1. The fourth-order valence-corrected chi connectivity index (χ4v) is 4.20. The summed E-state index contributed by atoms with van der Waals surface area (Å²) in [5.74, 6) is 0.874. The molecule has 0 unspecified atom stereocenters. The predicted octanol–water partition coefficient (Wildman–Crippen LogP) is 2.67. The van der Waals surface area contributed by atoms with Crippen LogP contribution in [0.2, 0.25) is 0 Å². The van der Waals surface area contributed by atoms with Gasteiger partial charge in [0.25, 0.3) is 15.9 Å². The van der Waals surface area contributed by atoms with Crippen molar-refractivity contribution in [2.75, 3.05) is 16.2 Å². The lowest BCUT2D eigenvalue weighted by Crippen LogP contribution is -2.38. The van der Waals surface area contributed by atoms with Crippen LogP contribution in [0.1, 0.15) is 24.2 Å². The second-order valence-electron chi connectivity index (χ2n) is 6.78. The SMILES string of the molecule is CCc1nc(CN2C(=O)COc3ccc(S(=O)(=O)Nc4ccccc4C)cc32)no1. The fraction of sp³-hybridized carbons (Fsp3) is 0.250. The lowest BCUT2D eigenvalue weighted by atomic mass is 10.2. The Morgan fingerprint density at radius 2 is 2.00 bits per heavy atom. The molecule has 1 aliphatic rings. The Morgan fingerprint density at radius 1 is 1.20 bits per heavy atom. The van der Waals surface area contributed by atoms with Crippen LogP contribution < -0.4 is 14.4 Å². The summed E-state index contributed by atoms with van der Waals surface area (Å²) < 4.78 is 39.0. The van der Waals surface area contributed by atoms with Crippen molar-refractivity contribution < 1.29 is 22.5 Å². The monoisotopic (exact) mass is 428 g/mol. The Morgan fingerprint density at radius 3 is 2.73 bits per heavy atom. The molecule has 0 aliphatic carbocycles. The van der Waals surface area contributed by atoms with Gasteiger partial charge in [-0.1, -0.05) is 30.3 Å². The first-order chi connectivity index (χ1) is 14.4. The van der Waals surface area contributed by atoms with Crippen LogP contribution in [-0.4, -0.2) is 31.1 Å². The summed E-state index contributed by atoms with van der Waals surface area (Å²) in [5, 5.41) is 3.87. The first kappa shape index (κ1) is 19.9. The minimum Gasteiger partial charge on any atom is -0.482 e. The van der Waals surface area contributed by atoms with Gasteiger partial charge < -0.3 is 9.26 Å². The average molecular weight is 428 g/mol. The summed E-state index contributed by atoms with van der Waals surface area (Å²) in [4.78, 5) is 18.1. The summed E-state index contributed by atoms with van der Waals surface area (Å²) in [5.41, 5.74) is 1.61. The maximum absolute atomic E-state index is 12.9. The van der Waals surface area contributed by atoms with E-state index < -0.39 is 10.0 Å². The van der Waals surface area contributed by atoms with Crippen molar-refractivity contribution in [2.45, 2.75) is 31.7 Å². The highest BCUT2D eigenvalue weighted by molar-refractivity contribution is 7.92. The molecule has 2 heterocycles. The molecule has 156 valence electrons. The Kier molecular flexibility index (Phi) is 5.17. The summed E-state index contributed by atoms with van der Waals surface area (Å²) >= 11 is 0. The molecule has 0 spiro atoms. The highest BCUT2D eigenvalue weighted by atomic mass is 32.2. The van der Waals surface area contributed by atoms with Gasteiger partial charge in [-0.15, -0.1) is 0 Å². The number of nitrogens with zero attached hydrogens (tertiary/aromatic N) is 3. The summed E-state index contributed by atoms with van der Waals surface area (Å²) in [7, 11) is -3.88. The molecule has 30 heavy (non-hydrogen) atoms. The van der Waals surface area contributed by atoms with Gasteiger partial charge in [0.15, 0.2) is 12.4 Å². The number of ether oxygens (including phenoxy) is 1. The molecule has 3 aromatic rings. The molecule has 0 saturated heterocycles. The van der Waals surface area contributed by atoms with E-state index in [0.717, 1.165) is 5.56 Å². The van der Waals surface area contributed by atoms with E-state index in [-0.39, 0.29) is 24.0 Å². The van der Waals surface area contributed by atoms with Crippen molar-refractivity contribution in [1.29, 1.82) is 0 Å². The molecule has 1 amide bonds. The number of carbonyl (C=O) groups excluding carboxylic acids is 1. The lowest BCUT2D eigenvalue weighted by molar-refractivity contribution is -0.121. The highest BCUT2D eigenvalue weighted by Gasteiger charge is 2.29. The molecule has 1 aliphatic heterocycles. The number of aromatic nitrogens is 2. The van der Waals surface area contributed by atoms with Gasteiger partial charge in [0.2, 0.25) is 5.89 Å². The molecule has 0 radical (unpaired) electrons. The van der Waals surface area contributed by atoms with Crippen molar-refractivity contribution in [1.82, 2.24) is 10.1 Å². The number of rotatable bonds is 6. The predicted molar refractivity (Wildman–Crippen MR) is 109 cm³/mol. The van der Waals surface area contributed by atoms with E-state index in [2.05, 4.69) is 14.9 Å². The molecule has 0 saturated carbocycles. The molecule has 1 aromatic heterocycles. The topological polar surface area (TPSA) is 115 Å². The molecule has 0 atom stereocenters. The minimum atomic E-state index is -3.88. The van der Waals surface area contributed by atoms with Gasteiger partial charge in [0.05, 0.1) is 22.8 Å². The number of fused-ring (bicyclic) bond motifs is 1. The number of hydrogen-bond acceptors (Lipinski definition) is 7. The van der Waals surface area contributed by atoms with Crippen molar-refractivity contribution in [3.8, 4) is 5.75 Å². The van der Waals surface area contributed by atoms with E-state index in [4.69, 9.17) is 9.26 Å². The van der Waals surface area contributed by atoms with Crippen LogP contribution in [0, 0.1) is 6.92 Å². The second-order valence-corrected chi connectivity index (χ2v) is 8.46. The molecular formula is C20H20N4O5S. The Labute approximate surface area is 173 Å². The van der Waals surface area contributed by atoms with E-state index >= 15 is 0 Å². The number of hydrogen-bond donors (Lipinski definition) is 1. The number of anilines is 2. The second kappa shape index (κ2) is 7.79. The van der Waals surface area contributed by atoms with Crippen LogP contribution in [0.15, 0.2) is 51.9 Å². The number of amides is 1. The largest absolute Gasteiger partial charge is 0.482 e. The third kappa shape index (κ3) is 3.86. The average Bonchev–Trinajstić information content (AvgIpc) is 3.19. The Balaban J connectivity index is 1.67. The Hall–Kier alpha value is -3.40. The van der Waals surface area contributed by atoms with Gasteiger partial charge in [-0.2, -0.15) is 4.98 Å². The third-order valence-corrected chi connectivity index (χ3v) is 6.05. The van der Waals surface area contributed by atoms with Gasteiger partial charge in [-0.05, 0) is 36.8 Å². The third-order valence-electron chi connectivity index (χ3n) is 4.69. The van der Waals surface area contributed by atoms with Gasteiger partial charge in [0, 0.05) is 6.42 Å². The van der Waals surface area contributed by atoms with Crippen molar-refractivity contribution in [3.63, 3.8) is 0 Å². The van der Waals surface area contributed by atoms with Crippen LogP contribution in [0.5, 0.6) is 5.75 Å². The molecule has 2 aromatic carbocycles. The molecule has 1 N–H and O–H groups in total. The van der Waals surface area contributed by atoms with Crippen molar-refractivity contribution in [3.05, 3.63) is 59.7 Å². The number of nitrogens with one attached hydrogen (secondary N) is 1. The van der Waals surface area contributed by atoms with Crippen LogP contribution in [0.4, 0.5) is 11.4 Å². The molecule has 10 heteroatoms. The van der Waals surface area contributed by atoms with Gasteiger partial charge in [-0.3, -0.25) is 14.4 Å². The zero-order chi connectivity index (χ0) is 21.3. The van der Waals surface area contributed by atoms with Gasteiger partial charge in [-0.25, -0.2) is 8.42 Å². The summed E-state index contributed by atoms with van der Waals surface area (Å²) in [6.45, 7) is 3.59. The van der Waals surface area contributed by atoms with Gasteiger partial charge in [0.1, 0.15) is 5.75 Å². The zero-order valence-electron chi connectivity index (χ0n) is 16.5. The summed E-state index contributed by atoms with van der Waals surface area (Å²) in [6, 6.07) is 11.5. The van der Waals surface area contributed by atoms with Crippen molar-refractivity contribution in [2.24, 2.45) is 0 Å². The van der Waals surface area contributed by atoms with Crippen LogP contribution >= 0.6 is 0 Å². The molecule has 4 rings (SSSR count). The quantitative estimate of drug-likeness (QED) is 0.642. The van der Waals surface area contributed by atoms with Crippen LogP contribution in [0.3, 0.4) is 0 Å². The van der Waals surface area contributed by atoms with Crippen LogP contribution in [-0.2, 0) is 27.8 Å². The fourth-order valence-electron chi connectivity index (χ4n) is 3.05. The zero-order valence-corrected chi connectivity index (χ0v) is 17.3. The lowest BCUT2D eigenvalue weighted by Gasteiger charge is -2.28. The maximum Gasteiger partial charge on any atom is 0.265 e. The Bertz CT molecular complexity index is 1210. The normalized spacial score (nSPS) is 13.7. The number of aryl methyl sites for hydroxylation is 2. The molecule has 0 fully saturated rings. The van der Waals surface area contributed by atoms with E-state index in [9.17, 15) is 13.2 Å². The van der Waals surface area contributed by atoms with Crippen molar-refractivity contribution >= 4 is 27.3 Å². The van der Waals surface area contributed by atoms with E-state index in [1.54, 1.807) is 12.1 Å². The van der Waals surface area contributed by atoms with E-state index in [1.807, 2.05) is 26.0 Å². The summed E-state index contributed by atoms with van der Waals surface area (Å²) in [6.07, 6.45) is 0.577. The smallest absolute Gasteiger partial charge is 0.265 e. The van der Waals surface area contributed by atoms with Crippen LogP contribution in [0.25, 0.3) is 0 Å². The number of benzene rings is 2. The minimum absolute atomic E-state index is 0.00941. The molecule has 0 bridgehead atoms. The van der Waals surface area contributed by atoms with Gasteiger partial charge >= 0.3 is 0 Å². The standard InChI is InChI=1S/C20H20N4O5S/c1-3-19-21-18(22-29-19)11-24-16-10-14(8-9-17(16)28-12-20(24)25)30(26,27)23-15-7-5-4-6-13(15)2/h4-10,23H,3,11-12H2,1-2H3. The first-order valence-corrected chi connectivity index (χ1v) is 10.8. The number of sulfonamides is 1. The first-order valence-electron chi connectivity index (χ1n) is 9.34. The number of carbonyl (C=O) groups is 1. The molecular weight excluding hydrogens is 408 g/mol. The maximum atomic E-state index is 12.9. The van der Waals surface area contributed by atoms with E-state index in [1.165, 1.54) is 23.1 Å². The molecule has 9 nitrogen and oxygen atoms in total. The highest BCUT2D eigenvalue weighted by Crippen LogP contribution is 2.35. The van der Waals surface area contributed by atoms with E-state index in [0.29, 0.717) is 35.3 Å².